The van der Waals surface area contributed by atoms with Gasteiger partial charge in [0, 0.05) is 36.8 Å². The van der Waals surface area contributed by atoms with Crippen LogP contribution in [0.25, 0.3) is 0 Å². The molecule has 3 aliphatic rings. The fourth-order valence-electron chi connectivity index (χ4n) is 4.12. The smallest absolute Gasteiger partial charge is 0.227 e. The average molecular weight is 368 g/mol. The van der Waals surface area contributed by atoms with E-state index in [0.717, 1.165) is 38.2 Å². The molecule has 1 amide bonds. The molecule has 2 bridgehead atoms. The number of piperidine rings is 1. The van der Waals surface area contributed by atoms with Gasteiger partial charge in [0.05, 0.1) is 18.2 Å². The standard InChI is InChI=1S/C21H25N3OS/c1-26-20-9-5-16(6-10-20)12-23-13-17-7-8-19(15-23)24(21(17)25)14-18-4-2-3-11-22-18/h2-6,9-11,17,19H,7-8,12-15H2,1H3/t17-,19+/m0/s1. The van der Waals surface area contributed by atoms with Crippen molar-refractivity contribution in [3.8, 4) is 0 Å². The SMILES string of the molecule is CSc1ccc(CN2C[C@@H]3CC[C@H](C2)N(Cc2ccccn2)C3=O)cc1. The van der Waals surface area contributed by atoms with E-state index in [9.17, 15) is 4.79 Å². The van der Waals surface area contributed by atoms with Crippen molar-refractivity contribution in [3.63, 3.8) is 0 Å². The van der Waals surface area contributed by atoms with Gasteiger partial charge >= 0.3 is 0 Å². The molecule has 5 heteroatoms. The normalized spacial score (nSPS) is 23.3. The second-order valence-corrected chi connectivity index (χ2v) is 8.14. The first-order valence-electron chi connectivity index (χ1n) is 9.28. The number of fused-ring (bicyclic) bond motifs is 4. The molecule has 0 saturated carbocycles. The maximum Gasteiger partial charge on any atom is 0.227 e. The van der Waals surface area contributed by atoms with Crippen molar-refractivity contribution < 1.29 is 4.79 Å². The Kier molecular flexibility index (Phi) is 5.27. The zero-order valence-electron chi connectivity index (χ0n) is 15.2. The highest BCUT2D eigenvalue weighted by Gasteiger charge is 2.40. The molecule has 26 heavy (non-hydrogen) atoms. The van der Waals surface area contributed by atoms with E-state index < -0.39 is 0 Å². The van der Waals surface area contributed by atoms with E-state index >= 15 is 0 Å². The Balaban J connectivity index is 1.47. The molecule has 3 fully saturated rings. The van der Waals surface area contributed by atoms with Crippen molar-refractivity contribution in [1.82, 2.24) is 14.8 Å². The summed E-state index contributed by atoms with van der Waals surface area (Å²) in [5.41, 5.74) is 2.31. The Labute approximate surface area is 159 Å². The number of rotatable bonds is 5. The van der Waals surface area contributed by atoms with Crippen LogP contribution in [0.4, 0.5) is 0 Å². The van der Waals surface area contributed by atoms with Gasteiger partial charge in [-0.05, 0) is 48.9 Å². The number of aromatic nitrogens is 1. The summed E-state index contributed by atoms with van der Waals surface area (Å²) in [5.74, 6) is 0.440. The summed E-state index contributed by atoms with van der Waals surface area (Å²) < 4.78 is 0. The van der Waals surface area contributed by atoms with Crippen molar-refractivity contribution in [1.29, 1.82) is 0 Å². The van der Waals surface area contributed by atoms with Crippen LogP contribution in [0.1, 0.15) is 24.1 Å². The van der Waals surface area contributed by atoms with Crippen molar-refractivity contribution in [2.24, 2.45) is 5.92 Å². The molecule has 136 valence electrons. The quantitative estimate of drug-likeness (QED) is 0.759. The molecular formula is C21H25N3OS. The number of amides is 1. The summed E-state index contributed by atoms with van der Waals surface area (Å²) in [6, 6.07) is 15.0. The van der Waals surface area contributed by atoms with E-state index in [2.05, 4.69) is 45.3 Å². The predicted octanol–water partition coefficient (Wildman–Crippen LogP) is 3.43. The Morgan fingerprint density at radius 1 is 1.08 bits per heavy atom. The number of benzene rings is 1. The first-order chi connectivity index (χ1) is 12.7. The lowest BCUT2D eigenvalue weighted by atomic mass is 9.94. The fourth-order valence-corrected chi connectivity index (χ4v) is 4.53. The van der Waals surface area contributed by atoms with E-state index in [0.29, 0.717) is 18.5 Å². The third-order valence-electron chi connectivity index (χ3n) is 5.49. The lowest BCUT2D eigenvalue weighted by Crippen LogP contribution is -2.47. The molecule has 1 aromatic carbocycles. The molecule has 2 aromatic rings. The molecular weight excluding hydrogens is 342 g/mol. The minimum atomic E-state index is 0.128. The molecule has 5 rings (SSSR count). The van der Waals surface area contributed by atoms with Crippen LogP contribution < -0.4 is 0 Å². The lowest BCUT2D eigenvalue weighted by molar-refractivity contribution is -0.140. The van der Waals surface area contributed by atoms with Gasteiger partial charge in [0.15, 0.2) is 0 Å². The van der Waals surface area contributed by atoms with Gasteiger partial charge in [0.25, 0.3) is 0 Å². The summed E-state index contributed by atoms with van der Waals surface area (Å²) in [6.45, 7) is 3.39. The molecule has 3 saturated heterocycles. The molecule has 1 aromatic heterocycles. The zero-order valence-corrected chi connectivity index (χ0v) is 16.0. The first-order valence-corrected chi connectivity index (χ1v) is 10.5. The Morgan fingerprint density at radius 3 is 2.65 bits per heavy atom. The Morgan fingerprint density at radius 2 is 1.92 bits per heavy atom. The van der Waals surface area contributed by atoms with Crippen LogP contribution in [0.15, 0.2) is 53.6 Å². The topological polar surface area (TPSA) is 36.4 Å². The largest absolute Gasteiger partial charge is 0.332 e. The van der Waals surface area contributed by atoms with Gasteiger partial charge in [-0.25, -0.2) is 0 Å². The maximum atomic E-state index is 13.0. The molecule has 2 atom stereocenters. The van der Waals surface area contributed by atoms with Gasteiger partial charge in [-0.3, -0.25) is 14.7 Å². The molecule has 0 aliphatic carbocycles. The zero-order chi connectivity index (χ0) is 17.9. The molecule has 0 N–H and O–H groups in total. The third-order valence-corrected chi connectivity index (χ3v) is 6.24. The van der Waals surface area contributed by atoms with E-state index in [1.54, 1.807) is 18.0 Å². The van der Waals surface area contributed by atoms with Crippen molar-refractivity contribution in [2.45, 2.75) is 36.9 Å². The second kappa shape index (κ2) is 7.80. The number of carbonyl (C=O) groups excluding carboxylic acids is 1. The van der Waals surface area contributed by atoms with E-state index in [1.807, 2.05) is 18.2 Å². The van der Waals surface area contributed by atoms with E-state index in [1.165, 1.54) is 10.5 Å². The molecule has 0 spiro atoms. The van der Waals surface area contributed by atoms with Crippen LogP contribution in [-0.2, 0) is 17.9 Å². The highest BCUT2D eigenvalue weighted by Crippen LogP contribution is 2.31. The summed E-state index contributed by atoms with van der Waals surface area (Å²) in [7, 11) is 0. The van der Waals surface area contributed by atoms with Gasteiger partial charge in [-0.1, -0.05) is 18.2 Å². The van der Waals surface area contributed by atoms with E-state index in [-0.39, 0.29) is 5.92 Å². The van der Waals surface area contributed by atoms with Crippen molar-refractivity contribution in [2.75, 3.05) is 19.3 Å². The van der Waals surface area contributed by atoms with Crippen LogP contribution >= 0.6 is 11.8 Å². The first kappa shape index (κ1) is 17.6. The number of hydrogen-bond donors (Lipinski definition) is 0. The number of thioether (sulfide) groups is 1. The van der Waals surface area contributed by atoms with Gasteiger partial charge in [0.1, 0.15) is 0 Å². The third kappa shape index (κ3) is 3.79. The summed E-state index contributed by atoms with van der Waals surface area (Å²) in [6.07, 6.45) is 6.03. The second-order valence-electron chi connectivity index (χ2n) is 7.26. The fraction of sp³-hybridized carbons (Fsp3) is 0.429. The highest BCUT2D eigenvalue weighted by atomic mass is 32.2. The van der Waals surface area contributed by atoms with Crippen molar-refractivity contribution in [3.05, 3.63) is 59.9 Å². The Hall–Kier alpha value is -1.85. The number of nitrogens with zero attached hydrogens (tertiary/aromatic N) is 3. The molecule has 4 heterocycles. The molecule has 3 aliphatic heterocycles. The van der Waals surface area contributed by atoms with Gasteiger partial charge in [-0.2, -0.15) is 0 Å². The molecule has 0 radical (unpaired) electrons. The van der Waals surface area contributed by atoms with Crippen LogP contribution in [0.3, 0.4) is 0 Å². The number of hydrogen-bond acceptors (Lipinski definition) is 4. The molecule has 4 nitrogen and oxygen atoms in total. The van der Waals surface area contributed by atoms with Gasteiger partial charge in [-0.15, -0.1) is 11.8 Å². The summed E-state index contributed by atoms with van der Waals surface area (Å²) in [4.78, 5) is 23.2. The van der Waals surface area contributed by atoms with Crippen LogP contribution in [0, 0.1) is 5.92 Å². The highest BCUT2D eigenvalue weighted by molar-refractivity contribution is 7.98. The predicted molar refractivity (Wildman–Crippen MR) is 105 cm³/mol. The average Bonchev–Trinajstić information content (AvgIpc) is 2.95. The van der Waals surface area contributed by atoms with Crippen molar-refractivity contribution >= 4 is 17.7 Å². The number of pyridine rings is 1. The minimum Gasteiger partial charge on any atom is -0.332 e. The summed E-state index contributed by atoms with van der Waals surface area (Å²) in [5, 5.41) is 0. The van der Waals surface area contributed by atoms with Crippen LogP contribution in [0.2, 0.25) is 0 Å². The number of carbonyl (C=O) groups is 1. The lowest BCUT2D eigenvalue weighted by Gasteiger charge is -2.35. The van der Waals surface area contributed by atoms with Gasteiger partial charge < -0.3 is 4.90 Å². The van der Waals surface area contributed by atoms with Crippen LogP contribution in [-0.4, -0.2) is 46.1 Å². The van der Waals surface area contributed by atoms with E-state index in [4.69, 9.17) is 0 Å². The minimum absolute atomic E-state index is 0.128. The Bertz CT molecular complexity index is 750. The van der Waals surface area contributed by atoms with Gasteiger partial charge in [0.2, 0.25) is 5.91 Å². The maximum absolute atomic E-state index is 13.0. The molecule has 0 unspecified atom stereocenters. The van der Waals surface area contributed by atoms with Crippen LogP contribution in [0.5, 0.6) is 0 Å². The summed E-state index contributed by atoms with van der Waals surface area (Å²) >= 11 is 1.77. The monoisotopic (exact) mass is 367 g/mol.